The quantitative estimate of drug-likeness (QED) is 0.683. The molecule has 1 atom stereocenters. The monoisotopic (exact) mass is 331 g/mol. The van der Waals surface area contributed by atoms with Crippen LogP contribution in [-0.2, 0) is 24.8 Å². The van der Waals surface area contributed by atoms with Crippen molar-refractivity contribution in [2.75, 3.05) is 12.9 Å². The molecule has 0 unspecified atom stereocenters. The molecule has 0 bridgehead atoms. The van der Waals surface area contributed by atoms with Gasteiger partial charge < -0.3 is 9.47 Å². The Hall–Kier alpha value is -1.08. The summed E-state index contributed by atoms with van der Waals surface area (Å²) in [7, 11) is 1.29. The van der Waals surface area contributed by atoms with E-state index in [0.717, 1.165) is 10.7 Å². The summed E-state index contributed by atoms with van der Waals surface area (Å²) in [5.74, 6) is 0.196. The van der Waals surface area contributed by atoms with Crippen LogP contribution in [-0.4, -0.2) is 35.9 Å². The van der Waals surface area contributed by atoms with Crippen molar-refractivity contribution in [3.05, 3.63) is 16.1 Å². The van der Waals surface area contributed by atoms with E-state index < -0.39 is 18.0 Å². The molecule has 0 amide bonds. The first-order chi connectivity index (χ1) is 9.92. The highest BCUT2D eigenvalue weighted by Crippen LogP contribution is 2.16. The molecule has 0 N–H and O–H groups in total. The van der Waals surface area contributed by atoms with E-state index in [1.54, 1.807) is 11.3 Å². The third-order valence-corrected chi connectivity index (χ3v) is 4.32. The molecule has 0 radical (unpaired) electrons. The van der Waals surface area contributed by atoms with Crippen LogP contribution in [0.25, 0.3) is 0 Å². The Morgan fingerprint density at radius 1 is 1.43 bits per heavy atom. The molecule has 118 valence electrons. The number of esters is 2. The van der Waals surface area contributed by atoms with Gasteiger partial charge in [0, 0.05) is 11.1 Å². The number of ether oxygens (including phenoxy) is 2. The third-order valence-electron chi connectivity index (χ3n) is 2.56. The van der Waals surface area contributed by atoms with Crippen LogP contribution in [0.2, 0.25) is 0 Å². The van der Waals surface area contributed by atoms with Gasteiger partial charge in [0.2, 0.25) is 0 Å². The highest BCUT2D eigenvalue weighted by Gasteiger charge is 2.24. The summed E-state index contributed by atoms with van der Waals surface area (Å²) in [6.07, 6.45) is -0.349. The smallest absolute Gasteiger partial charge is 0.347 e. The fourth-order valence-corrected chi connectivity index (χ4v) is 3.07. The summed E-state index contributed by atoms with van der Waals surface area (Å²) in [4.78, 5) is 27.7. The van der Waals surface area contributed by atoms with Crippen LogP contribution in [0.15, 0.2) is 5.38 Å². The lowest BCUT2D eigenvalue weighted by molar-refractivity contribution is -0.165. The number of aryl methyl sites for hydroxylation is 1. The van der Waals surface area contributed by atoms with Gasteiger partial charge in [-0.1, -0.05) is 13.8 Å². The van der Waals surface area contributed by atoms with E-state index in [0.29, 0.717) is 12.2 Å². The Kier molecular flexibility index (Phi) is 7.74. The van der Waals surface area contributed by atoms with Gasteiger partial charge in [0.25, 0.3) is 0 Å². The zero-order chi connectivity index (χ0) is 15.8. The van der Waals surface area contributed by atoms with Gasteiger partial charge >= 0.3 is 11.9 Å². The molecule has 7 heteroatoms. The van der Waals surface area contributed by atoms with Gasteiger partial charge in [-0.3, -0.25) is 4.79 Å². The maximum absolute atomic E-state index is 11.8. The minimum atomic E-state index is -0.815. The maximum atomic E-state index is 11.8. The average molecular weight is 331 g/mol. The summed E-state index contributed by atoms with van der Waals surface area (Å²) in [5.41, 5.74) is 0.960. The van der Waals surface area contributed by atoms with E-state index >= 15 is 0 Å². The summed E-state index contributed by atoms with van der Waals surface area (Å²) in [6.45, 7) is 5.87. The lowest BCUT2D eigenvalue weighted by atomic mass is 10.1. The summed E-state index contributed by atoms with van der Waals surface area (Å²) in [6, 6.07) is 0. The molecule has 0 aliphatic heterocycles. The van der Waals surface area contributed by atoms with Crippen molar-refractivity contribution in [2.24, 2.45) is 5.92 Å². The van der Waals surface area contributed by atoms with Gasteiger partial charge in [0.1, 0.15) is 0 Å². The molecular weight excluding hydrogens is 310 g/mol. The Labute approximate surface area is 133 Å². The number of hydrogen-bond donors (Lipinski definition) is 0. The summed E-state index contributed by atoms with van der Waals surface area (Å²) in [5, 5.41) is 2.99. The predicted molar refractivity (Wildman–Crippen MR) is 84.4 cm³/mol. The van der Waals surface area contributed by atoms with Crippen LogP contribution in [0.3, 0.4) is 0 Å². The predicted octanol–water partition coefficient (Wildman–Crippen LogP) is 2.82. The van der Waals surface area contributed by atoms with Gasteiger partial charge in [0.15, 0.2) is 6.10 Å². The van der Waals surface area contributed by atoms with Crippen molar-refractivity contribution in [2.45, 2.75) is 39.0 Å². The van der Waals surface area contributed by atoms with Crippen molar-refractivity contribution < 1.29 is 19.1 Å². The minimum absolute atomic E-state index is 0.197. The summed E-state index contributed by atoms with van der Waals surface area (Å²) < 4.78 is 9.86. The molecule has 0 aliphatic carbocycles. The van der Waals surface area contributed by atoms with Crippen molar-refractivity contribution in [3.63, 3.8) is 0 Å². The van der Waals surface area contributed by atoms with Crippen LogP contribution in [0, 0.1) is 12.8 Å². The molecule has 0 spiro atoms. The van der Waals surface area contributed by atoms with Gasteiger partial charge in [-0.15, -0.1) is 23.1 Å². The molecule has 1 aromatic rings. The Morgan fingerprint density at radius 3 is 2.67 bits per heavy atom. The molecule has 0 aromatic carbocycles. The number of carbonyl (C=O) groups excluding carboxylic acids is 2. The average Bonchev–Trinajstić information content (AvgIpc) is 2.82. The molecule has 0 saturated heterocycles. The normalized spacial score (nSPS) is 12.2. The second kappa shape index (κ2) is 9.04. The zero-order valence-corrected chi connectivity index (χ0v) is 14.4. The number of carbonyl (C=O) groups is 2. The molecule has 21 heavy (non-hydrogen) atoms. The van der Waals surface area contributed by atoms with Crippen molar-refractivity contribution in [3.8, 4) is 0 Å². The second-order valence-corrected chi connectivity index (χ2v) is 7.03. The van der Waals surface area contributed by atoms with E-state index in [1.807, 2.05) is 26.2 Å². The lowest BCUT2D eigenvalue weighted by Crippen LogP contribution is -2.30. The molecule has 1 rings (SSSR count). The van der Waals surface area contributed by atoms with Gasteiger partial charge in [-0.05, 0) is 19.3 Å². The third kappa shape index (κ3) is 6.95. The molecular formula is C14H21NO4S2. The van der Waals surface area contributed by atoms with Crippen LogP contribution >= 0.6 is 23.1 Å². The Morgan fingerprint density at radius 2 is 2.14 bits per heavy atom. The highest BCUT2D eigenvalue weighted by atomic mass is 32.2. The van der Waals surface area contributed by atoms with E-state index in [1.165, 1.54) is 18.9 Å². The highest BCUT2D eigenvalue weighted by molar-refractivity contribution is 7.99. The van der Waals surface area contributed by atoms with Crippen LogP contribution in [0.1, 0.15) is 31.0 Å². The zero-order valence-electron chi connectivity index (χ0n) is 12.8. The lowest BCUT2D eigenvalue weighted by Gasteiger charge is -2.17. The molecule has 0 saturated carbocycles. The fourth-order valence-electron chi connectivity index (χ4n) is 1.66. The van der Waals surface area contributed by atoms with Gasteiger partial charge in [0.05, 0.1) is 23.6 Å². The van der Waals surface area contributed by atoms with Gasteiger partial charge in [-0.25, -0.2) is 9.78 Å². The number of aromatic nitrogens is 1. The van der Waals surface area contributed by atoms with Crippen molar-refractivity contribution in [1.29, 1.82) is 0 Å². The Bertz CT molecular complexity index is 473. The first-order valence-electron chi connectivity index (χ1n) is 6.68. The number of nitrogens with zero attached hydrogens (tertiary/aromatic N) is 1. The van der Waals surface area contributed by atoms with E-state index in [9.17, 15) is 9.59 Å². The van der Waals surface area contributed by atoms with Gasteiger partial charge in [-0.2, -0.15) is 0 Å². The summed E-state index contributed by atoms with van der Waals surface area (Å²) >= 11 is 3.01. The number of thioether (sulfide) groups is 1. The molecule has 1 heterocycles. The first-order valence-corrected chi connectivity index (χ1v) is 8.71. The van der Waals surface area contributed by atoms with Crippen LogP contribution in [0.4, 0.5) is 0 Å². The van der Waals surface area contributed by atoms with Crippen LogP contribution in [0.5, 0.6) is 0 Å². The number of rotatable bonds is 8. The van der Waals surface area contributed by atoms with Crippen LogP contribution < -0.4 is 0 Å². The van der Waals surface area contributed by atoms with E-state index in [2.05, 4.69) is 9.72 Å². The SMILES string of the molecule is COC(=O)[C@@H](CC(C)C)OC(=O)CSCc1csc(C)n1. The maximum Gasteiger partial charge on any atom is 0.347 e. The standard InChI is InChI=1S/C14H21NO4S2/c1-9(2)5-12(14(17)18-4)19-13(16)8-20-6-11-7-21-10(3)15-11/h7,9,12H,5-6,8H2,1-4H3/t12-/m1/s1. The molecule has 5 nitrogen and oxygen atoms in total. The van der Waals surface area contributed by atoms with Crippen molar-refractivity contribution >= 4 is 35.0 Å². The fraction of sp³-hybridized carbons (Fsp3) is 0.643. The molecule has 0 fully saturated rings. The Balaban J connectivity index is 2.37. The number of methoxy groups -OCH3 is 1. The van der Waals surface area contributed by atoms with Crippen molar-refractivity contribution in [1.82, 2.24) is 4.98 Å². The van der Waals surface area contributed by atoms with E-state index in [4.69, 9.17) is 4.74 Å². The number of hydrogen-bond acceptors (Lipinski definition) is 7. The topological polar surface area (TPSA) is 65.5 Å². The minimum Gasteiger partial charge on any atom is -0.466 e. The number of thiazole rings is 1. The second-order valence-electron chi connectivity index (χ2n) is 4.98. The largest absolute Gasteiger partial charge is 0.466 e. The molecule has 0 aliphatic rings. The first kappa shape index (κ1) is 18.0. The molecule has 1 aromatic heterocycles. The van der Waals surface area contributed by atoms with E-state index in [-0.39, 0.29) is 11.7 Å².